The molecular weight excluding hydrogens is 324 g/mol. The van der Waals surface area contributed by atoms with Crippen LogP contribution in [-0.2, 0) is 14.8 Å². The number of ether oxygens (including phenoxy) is 1. The Morgan fingerprint density at radius 1 is 1.36 bits per heavy atom. The molecule has 1 amide bonds. The number of carbonyl (C=O) groups excluding carboxylic acids is 1. The van der Waals surface area contributed by atoms with Gasteiger partial charge in [0.25, 0.3) is 5.91 Å². The van der Waals surface area contributed by atoms with Gasteiger partial charge in [-0.15, -0.1) is 0 Å². The highest BCUT2D eigenvalue weighted by Crippen LogP contribution is 2.26. The number of amides is 1. The summed E-state index contributed by atoms with van der Waals surface area (Å²) in [5.41, 5.74) is 0.719. The molecule has 0 radical (unpaired) electrons. The third-order valence-corrected chi connectivity index (χ3v) is 6.28. The number of hydrogen-bond donors (Lipinski definition) is 0. The second-order valence-corrected chi connectivity index (χ2v) is 8.60. The maximum atomic E-state index is 12.5. The van der Waals surface area contributed by atoms with Gasteiger partial charge in [-0.05, 0) is 17.9 Å². The predicted molar refractivity (Wildman–Crippen MR) is 84.5 cm³/mol. The number of sulfonamides is 1. The summed E-state index contributed by atoms with van der Waals surface area (Å²) < 4.78 is 30.7. The fourth-order valence-corrected chi connectivity index (χ4v) is 4.56. The van der Waals surface area contributed by atoms with Gasteiger partial charge in [0, 0.05) is 37.5 Å². The van der Waals surface area contributed by atoms with Crippen LogP contribution in [0.2, 0.25) is 0 Å². The molecular formula is C14H20N2O4S2. The number of fused-ring (bicyclic) bond motifs is 1. The minimum atomic E-state index is -3.18. The highest BCUT2D eigenvalue weighted by molar-refractivity contribution is 7.88. The summed E-state index contributed by atoms with van der Waals surface area (Å²) in [4.78, 5) is 14.3. The summed E-state index contributed by atoms with van der Waals surface area (Å²) in [5, 5.41) is 3.76. The van der Waals surface area contributed by atoms with Gasteiger partial charge in [0.2, 0.25) is 10.0 Å². The van der Waals surface area contributed by atoms with Gasteiger partial charge in [0.05, 0.1) is 24.5 Å². The quantitative estimate of drug-likeness (QED) is 0.798. The number of piperidine rings is 1. The summed E-state index contributed by atoms with van der Waals surface area (Å²) in [7, 11) is -3.18. The molecule has 2 aliphatic rings. The van der Waals surface area contributed by atoms with E-state index in [1.54, 1.807) is 0 Å². The van der Waals surface area contributed by atoms with E-state index in [-0.39, 0.29) is 17.9 Å². The molecule has 0 N–H and O–H groups in total. The van der Waals surface area contributed by atoms with Crippen LogP contribution in [0.5, 0.6) is 0 Å². The lowest BCUT2D eigenvalue weighted by molar-refractivity contribution is -0.00174. The largest absolute Gasteiger partial charge is 0.375 e. The second-order valence-electron chi connectivity index (χ2n) is 5.84. The van der Waals surface area contributed by atoms with Crippen molar-refractivity contribution in [2.75, 3.05) is 39.0 Å². The smallest absolute Gasteiger partial charge is 0.254 e. The van der Waals surface area contributed by atoms with Crippen molar-refractivity contribution in [2.45, 2.75) is 12.5 Å². The summed E-state index contributed by atoms with van der Waals surface area (Å²) in [5.74, 6) is 0.235. The monoisotopic (exact) mass is 344 g/mol. The van der Waals surface area contributed by atoms with Gasteiger partial charge in [-0.2, -0.15) is 15.6 Å². The first-order chi connectivity index (χ1) is 10.4. The lowest BCUT2D eigenvalue weighted by Crippen LogP contribution is -2.49. The van der Waals surface area contributed by atoms with E-state index in [0.29, 0.717) is 32.8 Å². The first kappa shape index (κ1) is 15.9. The summed E-state index contributed by atoms with van der Waals surface area (Å²) in [6.07, 6.45) is 1.84. The van der Waals surface area contributed by atoms with Crippen LogP contribution in [0.25, 0.3) is 0 Å². The van der Waals surface area contributed by atoms with Crippen molar-refractivity contribution in [3.63, 3.8) is 0 Å². The van der Waals surface area contributed by atoms with Crippen LogP contribution < -0.4 is 0 Å². The summed E-state index contributed by atoms with van der Waals surface area (Å²) in [6.45, 7) is 2.54. The first-order valence-corrected chi connectivity index (χ1v) is 10.1. The molecule has 0 spiro atoms. The summed E-state index contributed by atoms with van der Waals surface area (Å²) in [6, 6.07) is 1.84. The molecule has 0 unspecified atom stereocenters. The van der Waals surface area contributed by atoms with Crippen LogP contribution in [0.1, 0.15) is 16.8 Å². The number of nitrogens with zero attached hydrogens (tertiary/aromatic N) is 2. The third-order valence-electron chi connectivity index (χ3n) is 4.33. The molecule has 6 nitrogen and oxygen atoms in total. The average Bonchev–Trinajstić information content (AvgIpc) is 2.91. The highest BCUT2D eigenvalue weighted by Gasteiger charge is 2.37. The van der Waals surface area contributed by atoms with Crippen molar-refractivity contribution in [1.82, 2.24) is 9.21 Å². The van der Waals surface area contributed by atoms with Crippen LogP contribution in [0.15, 0.2) is 16.8 Å². The van der Waals surface area contributed by atoms with E-state index >= 15 is 0 Å². The molecule has 0 saturated carbocycles. The maximum absolute atomic E-state index is 12.5. The highest BCUT2D eigenvalue weighted by atomic mass is 32.2. The molecule has 2 saturated heterocycles. The second kappa shape index (κ2) is 6.27. The predicted octanol–water partition coefficient (Wildman–Crippen LogP) is 0.871. The van der Waals surface area contributed by atoms with Crippen molar-refractivity contribution in [3.8, 4) is 0 Å². The lowest BCUT2D eigenvalue weighted by Gasteiger charge is -2.36. The van der Waals surface area contributed by atoms with E-state index in [9.17, 15) is 13.2 Å². The van der Waals surface area contributed by atoms with Crippen LogP contribution in [-0.4, -0.2) is 68.7 Å². The van der Waals surface area contributed by atoms with Crippen molar-refractivity contribution >= 4 is 27.3 Å². The molecule has 1 aromatic rings. The molecule has 0 bridgehead atoms. The number of carbonyl (C=O) groups is 1. The van der Waals surface area contributed by atoms with Crippen molar-refractivity contribution in [1.29, 1.82) is 0 Å². The van der Waals surface area contributed by atoms with E-state index in [1.165, 1.54) is 21.9 Å². The zero-order valence-corrected chi connectivity index (χ0v) is 14.1. The molecule has 0 aliphatic carbocycles. The molecule has 0 aromatic carbocycles. The maximum Gasteiger partial charge on any atom is 0.254 e. The van der Waals surface area contributed by atoms with Crippen LogP contribution >= 0.6 is 11.3 Å². The van der Waals surface area contributed by atoms with Gasteiger partial charge in [0.1, 0.15) is 0 Å². The first-order valence-electron chi connectivity index (χ1n) is 7.33. The number of hydrogen-bond acceptors (Lipinski definition) is 5. The van der Waals surface area contributed by atoms with E-state index in [4.69, 9.17) is 4.74 Å². The van der Waals surface area contributed by atoms with Crippen LogP contribution in [0, 0.1) is 5.92 Å². The molecule has 22 heavy (non-hydrogen) atoms. The van der Waals surface area contributed by atoms with Gasteiger partial charge >= 0.3 is 0 Å². The molecule has 3 rings (SSSR count). The number of rotatable bonds is 2. The van der Waals surface area contributed by atoms with Crippen molar-refractivity contribution in [3.05, 3.63) is 22.4 Å². The van der Waals surface area contributed by atoms with Gasteiger partial charge in [-0.1, -0.05) is 0 Å². The Labute approximate surface area is 134 Å². The Morgan fingerprint density at radius 3 is 2.86 bits per heavy atom. The van der Waals surface area contributed by atoms with E-state index in [1.807, 2.05) is 21.7 Å². The molecule has 8 heteroatoms. The Kier molecular flexibility index (Phi) is 4.54. The molecule has 122 valence electrons. The van der Waals surface area contributed by atoms with E-state index < -0.39 is 10.0 Å². The standard InChI is InChI=1S/C14H20N2O4S2/c1-22(18,19)16-4-2-11-8-15(5-6-20-13(11)9-16)14(17)12-3-7-21-10-12/h3,7,10-11,13H,2,4-6,8-9H2,1H3/t11-,13-/m0/s1. The molecule has 2 fully saturated rings. The lowest BCUT2D eigenvalue weighted by atomic mass is 9.94. The fourth-order valence-electron chi connectivity index (χ4n) is 3.08. The Bertz CT molecular complexity index is 629. The summed E-state index contributed by atoms with van der Waals surface area (Å²) >= 11 is 1.51. The van der Waals surface area contributed by atoms with Crippen LogP contribution in [0.4, 0.5) is 0 Å². The Morgan fingerprint density at radius 2 is 2.18 bits per heavy atom. The van der Waals surface area contributed by atoms with Gasteiger partial charge in [-0.3, -0.25) is 4.79 Å². The molecule has 2 atom stereocenters. The normalized spacial score (nSPS) is 27.2. The van der Waals surface area contributed by atoms with Gasteiger partial charge in [0.15, 0.2) is 0 Å². The Balaban J connectivity index is 1.69. The molecule has 1 aromatic heterocycles. The molecule has 2 aliphatic heterocycles. The van der Waals surface area contributed by atoms with E-state index in [2.05, 4.69) is 0 Å². The Hall–Kier alpha value is -0.960. The van der Waals surface area contributed by atoms with Gasteiger partial charge in [-0.25, -0.2) is 8.42 Å². The van der Waals surface area contributed by atoms with Crippen molar-refractivity contribution < 1.29 is 17.9 Å². The molecule has 3 heterocycles. The minimum absolute atomic E-state index is 0.0380. The van der Waals surface area contributed by atoms with E-state index in [0.717, 1.165) is 12.0 Å². The zero-order chi connectivity index (χ0) is 15.7. The van der Waals surface area contributed by atoms with Crippen molar-refractivity contribution in [2.24, 2.45) is 5.92 Å². The third kappa shape index (κ3) is 3.34. The SMILES string of the molecule is CS(=O)(=O)N1CC[C@H]2CN(C(=O)c3ccsc3)CCO[C@H]2C1. The fraction of sp³-hybridized carbons (Fsp3) is 0.643. The minimum Gasteiger partial charge on any atom is -0.375 e. The zero-order valence-electron chi connectivity index (χ0n) is 12.5. The topological polar surface area (TPSA) is 66.9 Å². The average molecular weight is 344 g/mol. The van der Waals surface area contributed by atoms with Gasteiger partial charge < -0.3 is 9.64 Å². The van der Waals surface area contributed by atoms with Crippen LogP contribution in [0.3, 0.4) is 0 Å². The number of thiophene rings is 1.